The van der Waals surface area contributed by atoms with E-state index < -0.39 is 5.91 Å². The first-order chi connectivity index (χ1) is 5.24. The molecule has 0 saturated carbocycles. The Morgan fingerprint density at radius 2 is 2.36 bits per heavy atom. The van der Waals surface area contributed by atoms with E-state index in [2.05, 4.69) is 9.97 Å². The number of primary amides is 1. The number of amides is 1. The zero-order chi connectivity index (χ0) is 8.27. The second-order valence-electron chi connectivity index (χ2n) is 1.81. The lowest BCUT2D eigenvalue weighted by Crippen LogP contribution is -2.13. The summed E-state index contributed by atoms with van der Waals surface area (Å²) in [5, 5.41) is 0. The monoisotopic (exact) mass is 153 g/mol. The second kappa shape index (κ2) is 2.96. The molecular weight excluding hydrogens is 146 g/mol. The van der Waals surface area contributed by atoms with E-state index in [1.54, 1.807) is 0 Å². The van der Waals surface area contributed by atoms with E-state index in [0.29, 0.717) is 0 Å². The summed E-state index contributed by atoms with van der Waals surface area (Å²) in [4.78, 5) is 18.0. The van der Waals surface area contributed by atoms with Crippen molar-refractivity contribution >= 4 is 5.91 Å². The van der Waals surface area contributed by atoms with Crippen LogP contribution in [0.4, 0.5) is 0 Å². The van der Waals surface area contributed by atoms with Gasteiger partial charge in [0.25, 0.3) is 5.91 Å². The molecule has 0 aliphatic rings. The smallest absolute Gasteiger partial charge is 0.269 e. The van der Waals surface area contributed by atoms with Crippen LogP contribution in [0.3, 0.4) is 0 Å². The predicted octanol–water partition coefficient (Wildman–Crippen LogP) is -0.416. The van der Waals surface area contributed by atoms with Crippen LogP contribution < -0.4 is 10.5 Å². The third kappa shape index (κ3) is 1.64. The largest absolute Gasteiger partial charge is 0.480 e. The summed E-state index contributed by atoms with van der Waals surface area (Å²) in [6.07, 6.45) is 2.68. The molecule has 0 unspecified atom stereocenters. The first kappa shape index (κ1) is 7.46. The lowest BCUT2D eigenvalue weighted by atomic mass is 10.4. The summed E-state index contributed by atoms with van der Waals surface area (Å²) in [5.74, 6) is -0.335. The molecular formula is C6H7N3O2. The Balaban J connectivity index is 3.01. The van der Waals surface area contributed by atoms with Crippen LogP contribution in [-0.4, -0.2) is 23.0 Å². The molecule has 0 aliphatic heterocycles. The molecule has 0 aromatic carbocycles. The van der Waals surface area contributed by atoms with Gasteiger partial charge in [-0.15, -0.1) is 0 Å². The molecule has 0 radical (unpaired) electrons. The Hall–Kier alpha value is -1.65. The molecule has 1 aromatic heterocycles. The van der Waals surface area contributed by atoms with Crippen LogP contribution in [0.1, 0.15) is 10.5 Å². The maximum atomic E-state index is 10.5. The van der Waals surface area contributed by atoms with Crippen LogP contribution in [0.2, 0.25) is 0 Å². The molecule has 2 N–H and O–H groups in total. The summed E-state index contributed by atoms with van der Waals surface area (Å²) < 4.78 is 4.72. The molecule has 0 spiro atoms. The van der Waals surface area contributed by atoms with E-state index in [9.17, 15) is 4.79 Å². The van der Waals surface area contributed by atoms with E-state index in [1.165, 1.54) is 19.5 Å². The van der Waals surface area contributed by atoms with Crippen molar-refractivity contribution in [2.75, 3.05) is 7.11 Å². The average molecular weight is 153 g/mol. The zero-order valence-corrected chi connectivity index (χ0v) is 5.94. The molecule has 11 heavy (non-hydrogen) atoms. The van der Waals surface area contributed by atoms with Crippen molar-refractivity contribution in [2.45, 2.75) is 0 Å². The Morgan fingerprint density at radius 3 is 2.91 bits per heavy atom. The number of hydrogen-bond acceptors (Lipinski definition) is 4. The van der Waals surface area contributed by atoms with Gasteiger partial charge in [-0.25, -0.2) is 4.98 Å². The molecule has 1 rings (SSSR count). The molecule has 5 nitrogen and oxygen atoms in total. The van der Waals surface area contributed by atoms with Crippen LogP contribution in [0.15, 0.2) is 12.4 Å². The molecule has 0 saturated heterocycles. The topological polar surface area (TPSA) is 78.1 Å². The third-order valence-electron chi connectivity index (χ3n) is 1.07. The number of aromatic nitrogens is 2. The third-order valence-corrected chi connectivity index (χ3v) is 1.07. The fourth-order valence-corrected chi connectivity index (χ4v) is 0.565. The molecule has 1 heterocycles. The number of hydrogen-bond donors (Lipinski definition) is 1. The lowest BCUT2D eigenvalue weighted by Gasteiger charge is -1.97. The van der Waals surface area contributed by atoms with E-state index in [-0.39, 0.29) is 11.6 Å². The number of carbonyl (C=O) groups excluding carboxylic acids is 1. The van der Waals surface area contributed by atoms with E-state index in [4.69, 9.17) is 10.5 Å². The Bertz CT molecular complexity index is 274. The van der Waals surface area contributed by atoms with Gasteiger partial charge in [0.1, 0.15) is 5.69 Å². The highest BCUT2D eigenvalue weighted by Gasteiger charge is 2.02. The Morgan fingerprint density at radius 1 is 1.64 bits per heavy atom. The quantitative estimate of drug-likeness (QED) is 0.626. The van der Waals surface area contributed by atoms with Gasteiger partial charge in [0.15, 0.2) is 0 Å². The highest BCUT2D eigenvalue weighted by atomic mass is 16.5. The van der Waals surface area contributed by atoms with Gasteiger partial charge in [-0.3, -0.25) is 9.78 Å². The van der Waals surface area contributed by atoms with Gasteiger partial charge >= 0.3 is 0 Å². The minimum absolute atomic E-state index is 0.101. The van der Waals surface area contributed by atoms with E-state index in [1.807, 2.05) is 0 Å². The number of nitrogens with two attached hydrogens (primary N) is 1. The van der Waals surface area contributed by atoms with E-state index >= 15 is 0 Å². The van der Waals surface area contributed by atoms with Gasteiger partial charge < -0.3 is 10.5 Å². The van der Waals surface area contributed by atoms with Crippen LogP contribution in [0.25, 0.3) is 0 Å². The van der Waals surface area contributed by atoms with Crippen molar-refractivity contribution in [2.24, 2.45) is 5.73 Å². The van der Waals surface area contributed by atoms with Crippen LogP contribution >= 0.6 is 0 Å². The van der Waals surface area contributed by atoms with Gasteiger partial charge in [-0.05, 0) is 0 Å². The molecule has 0 atom stereocenters. The minimum Gasteiger partial charge on any atom is -0.480 e. The number of methoxy groups -OCH3 is 1. The Labute approximate surface area is 63.2 Å². The maximum absolute atomic E-state index is 10.5. The van der Waals surface area contributed by atoms with Crippen molar-refractivity contribution in [3.63, 3.8) is 0 Å². The average Bonchev–Trinajstić information content (AvgIpc) is 2.05. The summed E-state index contributed by atoms with van der Waals surface area (Å²) in [5.41, 5.74) is 5.04. The Kier molecular flexibility index (Phi) is 2.00. The fraction of sp³-hybridized carbons (Fsp3) is 0.167. The van der Waals surface area contributed by atoms with Crippen molar-refractivity contribution < 1.29 is 9.53 Å². The lowest BCUT2D eigenvalue weighted by molar-refractivity contribution is 0.0994. The summed E-state index contributed by atoms with van der Waals surface area (Å²) >= 11 is 0. The highest BCUT2D eigenvalue weighted by Crippen LogP contribution is 2.02. The molecule has 58 valence electrons. The van der Waals surface area contributed by atoms with Gasteiger partial charge in [-0.2, -0.15) is 0 Å². The molecule has 0 aliphatic carbocycles. The van der Waals surface area contributed by atoms with Crippen LogP contribution in [-0.2, 0) is 0 Å². The van der Waals surface area contributed by atoms with Crippen LogP contribution in [0.5, 0.6) is 5.88 Å². The summed E-state index contributed by atoms with van der Waals surface area (Å²) in [6, 6.07) is 0. The van der Waals surface area contributed by atoms with E-state index in [0.717, 1.165) is 0 Å². The van der Waals surface area contributed by atoms with Gasteiger partial charge in [0.2, 0.25) is 5.88 Å². The van der Waals surface area contributed by atoms with Crippen LogP contribution in [0, 0.1) is 0 Å². The molecule has 1 amide bonds. The molecule has 0 bridgehead atoms. The van der Waals surface area contributed by atoms with Crippen molar-refractivity contribution in [3.8, 4) is 5.88 Å². The standard InChI is InChI=1S/C6H7N3O2/c1-11-5-3-8-2-4(9-5)6(7)10/h2-3H,1H3,(H2,7,10). The van der Waals surface area contributed by atoms with Crippen molar-refractivity contribution in [3.05, 3.63) is 18.1 Å². The highest BCUT2D eigenvalue weighted by molar-refractivity contribution is 5.90. The number of carbonyl (C=O) groups is 1. The van der Waals surface area contributed by atoms with Crippen molar-refractivity contribution in [1.29, 1.82) is 0 Å². The summed E-state index contributed by atoms with van der Waals surface area (Å²) in [7, 11) is 1.44. The molecule has 1 aromatic rings. The molecule has 0 fully saturated rings. The number of rotatable bonds is 2. The fourth-order valence-electron chi connectivity index (χ4n) is 0.565. The van der Waals surface area contributed by atoms with Gasteiger partial charge in [0, 0.05) is 0 Å². The number of nitrogens with zero attached hydrogens (tertiary/aromatic N) is 2. The molecule has 5 heteroatoms. The minimum atomic E-state index is -0.614. The predicted molar refractivity (Wildman–Crippen MR) is 37.1 cm³/mol. The first-order valence-corrected chi connectivity index (χ1v) is 2.90. The zero-order valence-electron chi connectivity index (χ0n) is 5.94. The van der Waals surface area contributed by atoms with Gasteiger partial charge in [-0.1, -0.05) is 0 Å². The van der Waals surface area contributed by atoms with Crippen molar-refractivity contribution in [1.82, 2.24) is 9.97 Å². The summed E-state index contributed by atoms with van der Waals surface area (Å²) in [6.45, 7) is 0. The SMILES string of the molecule is COc1cncc(C(N)=O)n1. The first-order valence-electron chi connectivity index (χ1n) is 2.90. The van der Waals surface area contributed by atoms with Gasteiger partial charge in [0.05, 0.1) is 19.5 Å². The normalized spacial score (nSPS) is 9.18. The number of ether oxygens (including phenoxy) is 1. The maximum Gasteiger partial charge on any atom is 0.269 e. The second-order valence-corrected chi connectivity index (χ2v) is 1.81.